The van der Waals surface area contributed by atoms with Crippen LogP contribution in [0.15, 0.2) is 51.7 Å². The highest BCUT2D eigenvalue weighted by Crippen LogP contribution is 2.28. The Labute approximate surface area is 163 Å². The molecule has 4 aromatic rings. The Hall–Kier alpha value is -2.98. The molecule has 0 aliphatic rings. The number of hydrogen-bond donors (Lipinski definition) is 0. The van der Waals surface area contributed by atoms with E-state index in [4.69, 9.17) is 0 Å². The first-order chi connectivity index (χ1) is 12.8. The van der Waals surface area contributed by atoms with Gasteiger partial charge in [0.15, 0.2) is 5.65 Å². The zero-order valence-electron chi connectivity index (χ0n) is 15.1. The molecule has 4 rings (SSSR count). The highest BCUT2D eigenvalue weighted by atomic mass is 79.9. The standard InChI is InChI=1S/C20H16BrN5O/c1-20(2,11-22)12-4-7-14(8-5-12)26-17-15-10-13(21)6-9-16(15)23-24-18(17)25(3)19(26)27/h4-10H,1-3H3. The number of aryl methyl sites for hydroxylation is 1. The van der Waals surface area contributed by atoms with Crippen LogP contribution >= 0.6 is 15.9 Å². The fraction of sp³-hybridized carbons (Fsp3) is 0.200. The normalized spacial score (nSPS) is 11.8. The van der Waals surface area contributed by atoms with Gasteiger partial charge in [-0.1, -0.05) is 28.1 Å². The van der Waals surface area contributed by atoms with Crippen molar-refractivity contribution in [2.75, 3.05) is 0 Å². The van der Waals surface area contributed by atoms with E-state index in [1.165, 1.54) is 4.57 Å². The third-order valence-corrected chi connectivity index (χ3v) is 5.32. The molecule has 0 amide bonds. The van der Waals surface area contributed by atoms with Crippen LogP contribution in [0.4, 0.5) is 0 Å². The van der Waals surface area contributed by atoms with Gasteiger partial charge in [0, 0.05) is 16.9 Å². The van der Waals surface area contributed by atoms with Gasteiger partial charge in [-0.15, -0.1) is 10.2 Å². The third-order valence-electron chi connectivity index (χ3n) is 4.82. The second kappa shape index (κ2) is 6.03. The Balaban J connectivity index is 2.05. The number of rotatable bonds is 2. The van der Waals surface area contributed by atoms with Crippen molar-refractivity contribution in [3.05, 3.63) is 63.0 Å². The van der Waals surface area contributed by atoms with Gasteiger partial charge >= 0.3 is 5.69 Å². The Kier molecular flexibility index (Phi) is 3.89. The minimum atomic E-state index is -0.592. The molecule has 0 N–H and O–H groups in total. The van der Waals surface area contributed by atoms with Crippen molar-refractivity contribution in [1.82, 2.24) is 19.3 Å². The van der Waals surface area contributed by atoms with E-state index in [9.17, 15) is 10.1 Å². The summed E-state index contributed by atoms with van der Waals surface area (Å²) < 4.78 is 4.04. The van der Waals surface area contributed by atoms with Crippen molar-refractivity contribution in [2.24, 2.45) is 7.05 Å². The number of nitriles is 1. The topological polar surface area (TPSA) is 76.5 Å². The lowest BCUT2D eigenvalue weighted by molar-refractivity contribution is 0.686. The summed E-state index contributed by atoms with van der Waals surface area (Å²) in [7, 11) is 1.69. The van der Waals surface area contributed by atoms with Gasteiger partial charge in [-0.3, -0.25) is 9.13 Å². The van der Waals surface area contributed by atoms with Crippen molar-refractivity contribution in [3.8, 4) is 11.8 Å². The van der Waals surface area contributed by atoms with Gasteiger partial charge in [-0.2, -0.15) is 5.26 Å². The largest absolute Gasteiger partial charge is 0.334 e. The first-order valence-corrected chi connectivity index (χ1v) is 9.18. The number of nitrogens with zero attached hydrogens (tertiary/aromatic N) is 5. The van der Waals surface area contributed by atoms with Crippen LogP contribution in [0.3, 0.4) is 0 Å². The number of halogens is 1. The van der Waals surface area contributed by atoms with Gasteiger partial charge in [-0.25, -0.2) is 4.79 Å². The maximum Gasteiger partial charge on any atom is 0.334 e. The van der Waals surface area contributed by atoms with Gasteiger partial charge in [-0.05, 0) is 49.7 Å². The van der Waals surface area contributed by atoms with E-state index in [0.717, 1.165) is 21.1 Å². The Morgan fingerprint density at radius 1 is 1.11 bits per heavy atom. The van der Waals surface area contributed by atoms with Gasteiger partial charge in [0.1, 0.15) is 5.52 Å². The smallest absolute Gasteiger partial charge is 0.278 e. The predicted molar refractivity (Wildman–Crippen MR) is 108 cm³/mol. The van der Waals surface area contributed by atoms with Gasteiger partial charge in [0.2, 0.25) is 0 Å². The summed E-state index contributed by atoms with van der Waals surface area (Å²) in [5.74, 6) is 0. The predicted octanol–water partition coefficient (Wildman–Crippen LogP) is 3.84. The van der Waals surface area contributed by atoms with Gasteiger partial charge in [0.25, 0.3) is 0 Å². The van der Waals surface area contributed by atoms with Crippen LogP contribution in [0.5, 0.6) is 0 Å². The quantitative estimate of drug-likeness (QED) is 0.492. The molecule has 0 saturated carbocycles. The summed E-state index contributed by atoms with van der Waals surface area (Å²) in [6.07, 6.45) is 0. The summed E-state index contributed by atoms with van der Waals surface area (Å²) in [5.41, 5.74) is 2.77. The molecule has 0 atom stereocenters. The molecule has 0 fully saturated rings. The van der Waals surface area contributed by atoms with Crippen molar-refractivity contribution in [1.29, 1.82) is 5.26 Å². The highest BCUT2D eigenvalue weighted by Gasteiger charge is 2.21. The molecule has 7 heteroatoms. The SMILES string of the molecule is Cn1c(=O)n(-c2ccc(C(C)(C)C#N)cc2)c2c3cc(Br)ccc3nnc21. The van der Waals surface area contributed by atoms with E-state index in [1.54, 1.807) is 11.6 Å². The van der Waals surface area contributed by atoms with Crippen molar-refractivity contribution >= 4 is 38.0 Å². The Bertz CT molecular complexity index is 1290. The maximum absolute atomic E-state index is 12.9. The van der Waals surface area contributed by atoms with E-state index in [0.29, 0.717) is 16.7 Å². The second-order valence-electron chi connectivity index (χ2n) is 6.99. The lowest BCUT2D eigenvalue weighted by Gasteiger charge is -2.16. The number of hydrogen-bond acceptors (Lipinski definition) is 4. The first-order valence-electron chi connectivity index (χ1n) is 8.39. The molecule has 0 aliphatic carbocycles. The van der Waals surface area contributed by atoms with Crippen LogP contribution in [0, 0.1) is 11.3 Å². The average molecular weight is 422 g/mol. The van der Waals surface area contributed by atoms with Crippen molar-refractivity contribution in [2.45, 2.75) is 19.3 Å². The minimum absolute atomic E-state index is 0.195. The molecule has 0 bridgehead atoms. The highest BCUT2D eigenvalue weighted by molar-refractivity contribution is 9.10. The molecule has 0 radical (unpaired) electrons. The summed E-state index contributed by atoms with van der Waals surface area (Å²) >= 11 is 3.49. The van der Waals surface area contributed by atoms with Crippen LogP contribution < -0.4 is 5.69 Å². The molecular formula is C20H16BrN5O. The fourth-order valence-corrected chi connectivity index (χ4v) is 3.53. The van der Waals surface area contributed by atoms with E-state index < -0.39 is 5.41 Å². The molecule has 2 aromatic heterocycles. The molecule has 2 aromatic carbocycles. The molecule has 134 valence electrons. The zero-order valence-corrected chi connectivity index (χ0v) is 16.6. The first kappa shape index (κ1) is 17.4. The van der Waals surface area contributed by atoms with Crippen LogP contribution in [0.25, 0.3) is 27.8 Å². The minimum Gasteiger partial charge on any atom is -0.278 e. The molecule has 0 saturated heterocycles. The van der Waals surface area contributed by atoms with Gasteiger partial charge in [0.05, 0.1) is 22.7 Å². The summed E-state index contributed by atoms with van der Waals surface area (Å²) in [6.45, 7) is 3.74. The molecule has 27 heavy (non-hydrogen) atoms. The van der Waals surface area contributed by atoms with Gasteiger partial charge < -0.3 is 0 Å². The fourth-order valence-electron chi connectivity index (χ4n) is 3.17. The van der Waals surface area contributed by atoms with Crippen LogP contribution in [-0.2, 0) is 12.5 Å². The Morgan fingerprint density at radius 3 is 2.48 bits per heavy atom. The average Bonchev–Trinajstić information content (AvgIpc) is 2.93. The van der Waals surface area contributed by atoms with E-state index >= 15 is 0 Å². The zero-order chi connectivity index (χ0) is 19.3. The molecule has 6 nitrogen and oxygen atoms in total. The maximum atomic E-state index is 12.9. The van der Waals surface area contributed by atoms with E-state index in [-0.39, 0.29) is 5.69 Å². The van der Waals surface area contributed by atoms with Crippen LogP contribution in [0.1, 0.15) is 19.4 Å². The number of fused-ring (bicyclic) bond motifs is 3. The summed E-state index contributed by atoms with van der Waals surface area (Å²) in [6, 6.07) is 15.5. The van der Waals surface area contributed by atoms with Crippen LogP contribution in [0.2, 0.25) is 0 Å². The monoisotopic (exact) mass is 421 g/mol. The third kappa shape index (κ3) is 2.64. The number of aromatic nitrogens is 4. The summed E-state index contributed by atoms with van der Waals surface area (Å²) in [5, 5.41) is 18.7. The second-order valence-corrected chi connectivity index (χ2v) is 7.91. The van der Waals surface area contributed by atoms with Crippen molar-refractivity contribution < 1.29 is 0 Å². The van der Waals surface area contributed by atoms with E-state index in [2.05, 4.69) is 32.2 Å². The lowest BCUT2D eigenvalue weighted by Crippen LogP contribution is -2.21. The molecule has 0 aliphatic heterocycles. The molecule has 2 heterocycles. The lowest BCUT2D eigenvalue weighted by atomic mass is 9.86. The number of imidazole rings is 1. The summed E-state index contributed by atoms with van der Waals surface area (Å²) in [4.78, 5) is 12.9. The molecular weight excluding hydrogens is 406 g/mol. The van der Waals surface area contributed by atoms with Crippen molar-refractivity contribution in [3.63, 3.8) is 0 Å². The molecule has 0 spiro atoms. The van der Waals surface area contributed by atoms with Crippen LogP contribution in [-0.4, -0.2) is 19.3 Å². The molecule has 0 unspecified atom stereocenters. The van der Waals surface area contributed by atoms with E-state index in [1.807, 2.05) is 56.3 Å². The Morgan fingerprint density at radius 2 is 1.81 bits per heavy atom. The number of benzene rings is 2.